The minimum atomic E-state index is -0.955. The number of benzene rings is 1. The first-order chi connectivity index (χ1) is 13.3. The minimum Gasteiger partial charge on any atom is -0.502 e. The zero-order chi connectivity index (χ0) is 20.2. The van der Waals surface area contributed by atoms with Crippen LogP contribution in [0.15, 0.2) is 23.0 Å². The van der Waals surface area contributed by atoms with Gasteiger partial charge in [0.1, 0.15) is 23.9 Å². The molecule has 4 rings (SSSR count). The van der Waals surface area contributed by atoms with Gasteiger partial charge in [0.05, 0.1) is 5.69 Å². The highest BCUT2D eigenvalue weighted by Crippen LogP contribution is 2.27. The van der Waals surface area contributed by atoms with E-state index < -0.39 is 34.6 Å². The number of pyridine rings is 1. The summed E-state index contributed by atoms with van der Waals surface area (Å²) in [6.07, 6.45) is 0.331. The number of amides is 2. The molecular weight excluding hydrogens is 374 g/mol. The van der Waals surface area contributed by atoms with Crippen molar-refractivity contribution in [1.82, 2.24) is 14.9 Å². The maximum atomic E-state index is 13.8. The Morgan fingerprint density at radius 2 is 2.04 bits per heavy atom. The predicted octanol–water partition coefficient (Wildman–Crippen LogP) is 0.299. The van der Waals surface area contributed by atoms with Crippen molar-refractivity contribution >= 4 is 11.8 Å². The Morgan fingerprint density at radius 1 is 1.29 bits per heavy atom. The van der Waals surface area contributed by atoms with E-state index in [-0.39, 0.29) is 30.0 Å². The normalized spacial score (nSPS) is 15.0. The van der Waals surface area contributed by atoms with E-state index in [4.69, 9.17) is 0 Å². The van der Waals surface area contributed by atoms with Gasteiger partial charge in [0.15, 0.2) is 11.4 Å². The molecule has 2 aromatic rings. The number of carbonyl (C=O) groups is 2. The molecule has 3 heterocycles. The lowest BCUT2D eigenvalue weighted by molar-refractivity contribution is 0.0737. The van der Waals surface area contributed by atoms with Gasteiger partial charge in [-0.3, -0.25) is 24.1 Å². The minimum absolute atomic E-state index is 0.0480. The number of aromatic nitrogens is 1. The summed E-state index contributed by atoms with van der Waals surface area (Å²) >= 11 is 0. The van der Waals surface area contributed by atoms with Crippen LogP contribution >= 0.6 is 0 Å². The second kappa shape index (κ2) is 6.32. The number of nitrogens with one attached hydrogen (secondary N) is 1. The van der Waals surface area contributed by atoms with E-state index in [0.29, 0.717) is 24.7 Å². The van der Waals surface area contributed by atoms with Crippen molar-refractivity contribution in [1.29, 1.82) is 0 Å². The van der Waals surface area contributed by atoms with Crippen molar-refractivity contribution in [3.05, 3.63) is 62.6 Å². The predicted molar refractivity (Wildman–Crippen MR) is 93.6 cm³/mol. The molecule has 0 spiro atoms. The molecule has 0 fully saturated rings. The van der Waals surface area contributed by atoms with Crippen molar-refractivity contribution in [2.24, 2.45) is 0 Å². The summed E-state index contributed by atoms with van der Waals surface area (Å²) in [6, 6.07) is 2.95. The van der Waals surface area contributed by atoms with Crippen molar-refractivity contribution in [3.63, 3.8) is 0 Å². The third-order valence-corrected chi connectivity index (χ3v) is 4.92. The van der Waals surface area contributed by atoms with Gasteiger partial charge < -0.3 is 15.3 Å². The van der Waals surface area contributed by atoms with E-state index in [0.717, 1.165) is 6.07 Å². The van der Waals surface area contributed by atoms with E-state index >= 15 is 0 Å². The summed E-state index contributed by atoms with van der Waals surface area (Å²) < 4.78 is 28.2. The highest BCUT2D eigenvalue weighted by molar-refractivity contribution is 6.00. The van der Waals surface area contributed by atoms with E-state index in [1.54, 1.807) is 12.1 Å². The molecule has 146 valence electrons. The third-order valence-electron chi connectivity index (χ3n) is 4.92. The fraction of sp³-hybridized carbons (Fsp3) is 0.278. The van der Waals surface area contributed by atoms with E-state index in [1.165, 1.54) is 15.6 Å². The summed E-state index contributed by atoms with van der Waals surface area (Å²) in [7, 11) is 1.55. The fourth-order valence-electron chi connectivity index (χ4n) is 3.55. The van der Waals surface area contributed by atoms with Gasteiger partial charge in [-0.1, -0.05) is 6.07 Å². The van der Waals surface area contributed by atoms with Gasteiger partial charge in [-0.25, -0.2) is 8.78 Å². The van der Waals surface area contributed by atoms with Gasteiger partial charge in [0, 0.05) is 38.2 Å². The smallest absolute Gasteiger partial charge is 0.277 e. The van der Waals surface area contributed by atoms with Gasteiger partial charge >= 0.3 is 0 Å². The number of aromatic hydroxyl groups is 1. The Labute approximate surface area is 157 Å². The van der Waals surface area contributed by atoms with Gasteiger partial charge in [-0.05, 0) is 6.07 Å². The van der Waals surface area contributed by atoms with Crippen molar-refractivity contribution in [3.8, 4) is 5.75 Å². The molecule has 2 N–H and O–H groups in total. The fourth-order valence-corrected chi connectivity index (χ4v) is 3.55. The molecule has 2 amide bonds. The Morgan fingerprint density at radius 3 is 2.75 bits per heavy atom. The Balaban J connectivity index is 1.71. The molecule has 28 heavy (non-hydrogen) atoms. The number of halogens is 2. The number of hydrogen-bond donors (Lipinski definition) is 2. The molecule has 2 aliphatic heterocycles. The molecule has 8 nitrogen and oxygen atoms in total. The average Bonchev–Trinajstić information content (AvgIpc) is 3.04. The van der Waals surface area contributed by atoms with Crippen molar-refractivity contribution in [2.45, 2.75) is 13.0 Å². The molecule has 2 aliphatic rings. The van der Waals surface area contributed by atoms with Gasteiger partial charge in [0.2, 0.25) is 5.43 Å². The van der Waals surface area contributed by atoms with Crippen LogP contribution in [0.5, 0.6) is 5.75 Å². The van der Waals surface area contributed by atoms with Crippen LogP contribution in [0.4, 0.5) is 8.78 Å². The lowest BCUT2D eigenvalue weighted by atomic mass is 10.1. The van der Waals surface area contributed by atoms with Crippen molar-refractivity contribution < 1.29 is 23.5 Å². The van der Waals surface area contributed by atoms with Crippen LogP contribution in [0.3, 0.4) is 0 Å². The van der Waals surface area contributed by atoms with Gasteiger partial charge in [-0.2, -0.15) is 0 Å². The topological polar surface area (TPSA) is 94.9 Å². The first kappa shape index (κ1) is 18.0. The van der Waals surface area contributed by atoms with Gasteiger partial charge in [0.25, 0.3) is 11.8 Å². The second-order valence-corrected chi connectivity index (χ2v) is 6.70. The Hall–Kier alpha value is -3.43. The number of hydrogen-bond acceptors (Lipinski definition) is 5. The number of nitrogens with zero attached hydrogens (tertiary/aromatic N) is 3. The quantitative estimate of drug-likeness (QED) is 0.786. The molecule has 1 aromatic heterocycles. The summed E-state index contributed by atoms with van der Waals surface area (Å²) in [6.45, 7) is 0.446. The van der Waals surface area contributed by atoms with Crippen LogP contribution in [-0.4, -0.2) is 46.8 Å². The SMILES string of the molecule is CN1CN2CCc3c(C(=O)NCc4ccc(F)cc4F)c(=O)c(O)c(n32)C1=O. The lowest BCUT2D eigenvalue weighted by Crippen LogP contribution is -2.51. The first-order valence-corrected chi connectivity index (χ1v) is 8.53. The van der Waals surface area contributed by atoms with E-state index in [1.807, 2.05) is 0 Å². The molecule has 10 heteroatoms. The van der Waals surface area contributed by atoms with Crippen LogP contribution in [0, 0.1) is 11.6 Å². The van der Waals surface area contributed by atoms with E-state index in [2.05, 4.69) is 5.32 Å². The highest BCUT2D eigenvalue weighted by Gasteiger charge is 2.39. The maximum absolute atomic E-state index is 13.8. The maximum Gasteiger partial charge on any atom is 0.277 e. The largest absolute Gasteiger partial charge is 0.502 e. The summed E-state index contributed by atoms with van der Waals surface area (Å²) in [5.41, 5.74) is -1.05. The molecule has 1 aromatic carbocycles. The molecule has 0 unspecified atom stereocenters. The molecule has 0 radical (unpaired) electrons. The summed E-state index contributed by atoms with van der Waals surface area (Å²) in [5, 5.41) is 14.5. The number of rotatable bonds is 3. The van der Waals surface area contributed by atoms with Crippen LogP contribution < -0.4 is 15.8 Å². The average molecular weight is 390 g/mol. The van der Waals surface area contributed by atoms with Gasteiger partial charge in [-0.15, -0.1) is 0 Å². The first-order valence-electron chi connectivity index (χ1n) is 8.53. The molecular formula is C18H16F2N4O4. The molecule has 0 aliphatic carbocycles. The highest BCUT2D eigenvalue weighted by atomic mass is 19.1. The van der Waals surface area contributed by atoms with Crippen molar-refractivity contribution in [2.75, 3.05) is 25.3 Å². The van der Waals surface area contributed by atoms with E-state index in [9.17, 15) is 28.3 Å². The zero-order valence-electron chi connectivity index (χ0n) is 14.8. The molecule has 0 atom stereocenters. The summed E-state index contributed by atoms with van der Waals surface area (Å²) in [4.78, 5) is 39.0. The molecule has 0 saturated carbocycles. The zero-order valence-corrected chi connectivity index (χ0v) is 14.8. The molecule has 0 bridgehead atoms. The third kappa shape index (κ3) is 2.60. The van der Waals surface area contributed by atoms with Crippen LogP contribution in [0.2, 0.25) is 0 Å². The second-order valence-electron chi connectivity index (χ2n) is 6.70. The lowest BCUT2D eigenvalue weighted by Gasteiger charge is -2.35. The summed E-state index contributed by atoms with van der Waals surface area (Å²) in [5.74, 6) is -3.69. The Bertz CT molecular complexity index is 1080. The van der Waals surface area contributed by atoms with Crippen LogP contribution in [0.1, 0.15) is 32.1 Å². The standard InChI is InChI=1S/C18H16F2N4O4/c1-22-8-23-5-4-12-13(15(25)16(26)14(18(22)28)24(12)23)17(27)21-7-9-2-3-10(19)6-11(9)20/h2-3,6,26H,4-5,7-8H2,1H3,(H,21,27). The monoisotopic (exact) mass is 390 g/mol. The Kier molecular flexibility index (Phi) is 4.06. The van der Waals surface area contributed by atoms with Crippen LogP contribution in [-0.2, 0) is 13.0 Å². The van der Waals surface area contributed by atoms with Crippen LogP contribution in [0.25, 0.3) is 0 Å². The number of carbonyl (C=O) groups excluding carboxylic acids is 2. The molecule has 0 saturated heterocycles.